The summed E-state index contributed by atoms with van der Waals surface area (Å²) >= 11 is 6.61. The van der Waals surface area contributed by atoms with Gasteiger partial charge in [-0.25, -0.2) is 4.98 Å². The number of hydrogen-bond donors (Lipinski definition) is 0. The molecule has 2 heterocycles. The van der Waals surface area contributed by atoms with Crippen molar-refractivity contribution in [2.75, 3.05) is 32.8 Å². The molecule has 0 spiro atoms. The number of carbonyl (C=O) groups is 1. The molecule has 0 bridgehead atoms. The number of carbonyl (C=O) groups excluding carboxylic acids is 1. The minimum atomic E-state index is -0.435. The van der Waals surface area contributed by atoms with E-state index in [9.17, 15) is 14.9 Å². The fraction of sp³-hybridized carbons (Fsp3) is 0.273. The highest BCUT2D eigenvalue weighted by Gasteiger charge is 2.20. The Labute approximate surface area is 339 Å². The van der Waals surface area contributed by atoms with E-state index >= 15 is 0 Å². The Hall–Kier alpha value is -5.42. The molecular formula is C44H46Cl2N4O6. The smallest absolute Gasteiger partial charge is 0.276 e. The van der Waals surface area contributed by atoms with Gasteiger partial charge in [0.05, 0.1) is 28.3 Å². The fourth-order valence-corrected chi connectivity index (χ4v) is 6.59. The molecule has 1 fully saturated rings. The molecule has 0 atom stereocenters. The molecule has 4 aromatic carbocycles. The lowest BCUT2D eigenvalue weighted by Gasteiger charge is -2.34. The normalized spacial score (nSPS) is 13.1. The summed E-state index contributed by atoms with van der Waals surface area (Å²) in [7, 11) is 0. The standard InChI is InChI=1S/C44H45ClN4O6.ClH/c1-31(2)36-13-15-38(16-14-36)53-25-20-33-8-10-34(11-9-33)29-47-21-23-48(24-22-47)43(50)19-12-35-26-32(3)44(40(45)27-35)55-42-18-17-39(28-46-42)54-30-37-6-4-5-7-41(37)49(51)52;/h4-19,26-28,31H,20-25,29-30H2,1-3H3;1H/b19-12+;. The first-order valence-electron chi connectivity index (χ1n) is 18.4. The van der Waals surface area contributed by atoms with Crippen molar-refractivity contribution in [3.05, 3.63) is 158 Å². The van der Waals surface area contributed by atoms with Crippen molar-refractivity contribution in [1.82, 2.24) is 14.8 Å². The first-order valence-corrected chi connectivity index (χ1v) is 18.8. The number of ether oxygens (including phenoxy) is 3. The zero-order valence-electron chi connectivity index (χ0n) is 31.7. The molecule has 12 heteroatoms. The first kappa shape index (κ1) is 41.7. The van der Waals surface area contributed by atoms with Crippen LogP contribution in [0.2, 0.25) is 5.02 Å². The molecule has 0 unspecified atom stereocenters. The number of pyridine rings is 1. The molecule has 0 radical (unpaired) electrons. The zero-order valence-corrected chi connectivity index (χ0v) is 33.3. The van der Waals surface area contributed by atoms with E-state index in [1.807, 2.05) is 30.0 Å². The minimum Gasteiger partial charge on any atom is -0.493 e. The molecule has 0 N–H and O–H groups in total. The molecule has 1 saturated heterocycles. The zero-order chi connectivity index (χ0) is 38.7. The summed E-state index contributed by atoms with van der Waals surface area (Å²) in [6.45, 7) is 10.7. The van der Waals surface area contributed by atoms with Crippen LogP contribution in [-0.4, -0.2) is 58.4 Å². The predicted octanol–water partition coefficient (Wildman–Crippen LogP) is 9.85. The summed E-state index contributed by atoms with van der Waals surface area (Å²) in [5, 5.41) is 11.6. The Bertz CT molecular complexity index is 2080. The van der Waals surface area contributed by atoms with E-state index < -0.39 is 4.92 Å². The van der Waals surface area contributed by atoms with Gasteiger partial charge in [-0.1, -0.05) is 74.0 Å². The molecule has 292 valence electrons. The van der Waals surface area contributed by atoms with Crippen LogP contribution in [0.5, 0.6) is 23.1 Å². The lowest BCUT2D eigenvalue weighted by molar-refractivity contribution is -0.385. The Morgan fingerprint density at radius 1 is 0.911 bits per heavy atom. The molecule has 6 rings (SSSR count). The van der Waals surface area contributed by atoms with Gasteiger partial charge in [-0.2, -0.15) is 0 Å². The van der Waals surface area contributed by atoms with Crippen LogP contribution in [0.1, 0.15) is 53.1 Å². The number of nitro groups is 1. The van der Waals surface area contributed by atoms with Crippen LogP contribution in [0.25, 0.3) is 6.08 Å². The monoisotopic (exact) mass is 796 g/mol. The summed E-state index contributed by atoms with van der Waals surface area (Å²) in [5.74, 6) is 2.57. The number of halogens is 2. The number of para-hydroxylation sites is 1. The van der Waals surface area contributed by atoms with Crippen LogP contribution in [-0.2, 0) is 24.4 Å². The molecule has 1 amide bonds. The maximum absolute atomic E-state index is 13.1. The number of nitro benzene ring substituents is 1. The van der Waals surface area contributed by atoms with Gasteiger partial charge in [0.1, 0.15) is 18.1 Å². The SMILES string of the molecule is Cc1cc(/C=C/C(=O)N2CCN(Cc3ccc(CCOc4ccc(C(C)C)cc4)cc3)CC2)cc(Cl)c1Oc1ccc(OCc2ccccc2[N+](=O)[O-])cn1.Cl. The van der Waals surface area contributed by atoms with Crippen molar-refractivity contribution >= 4 is 41.7 Å². The van der Waals surface area contributed by atoms with E-state index in [-0.39, 0.29) is 30.6 Å². The van der Waals surface area contributed by atoms with Gasteiger partial charge in [-0.3, -0.25) is 19.8 Å². The average molecular weight is 798 g/mol. The largest absolute Gasteiger partial charge is 0.493 e. The third kappa shape index (κ3) is 11.6. The van der Waals surface area contributed by atoms with Crippen LogP contribution in [0.3, 0.4) is 0 Å². The van der Waals surface area contributed by atoms with E-state index in [2.05, 4.69) is 60.1 Å². The Balaban J connectivity index is 0.00000600. The lowest BCUT2D eigenvalue weighted by Crippen LogP contribution is -2.47. The molecule has 0 saturated carbocycles. The van der Waals surface area contributed by atoms with E-state index in [0.717, 1.165) is 42.9 Å². The van der Waals surface area contributed by atoms with Crippen LogP contribution in [0.4, 0.5) is 5.69 Å². The summed E-state index contributed by atoms with van der Waals surface area (Å²) in [6.07, 6.45) is 5.70. The van der Waals surface area contributed by atoms with E-state index in [1.165, 1.54) is 29.0 Å². The molecule has 1 aliphatic heterocycles. The van der Waals surface area contributed by atoms with Gasteiger partial charge < -0.3 is 19.1 Å². The molecule has 1 aliphatic rings. The number of aryl methyl sites for hydroxylation is 1. The maximum Gasteiger partial charge on any atom is 0.276 e. The third-order valence-corrected chi connectivity index (χ3v) is 9.77. The van der Waals surface area contributed by atoms with Crippen molar-refractivity contribution in [2.45, 2.75) is 46.3 Å². The number of benzene rings is 4. The highest BCUT2D eigenvalue weighted by Crippen LogP contribution is 2.34. The van der Waals surface area contributed by atoms with Gasteiger partial charge in [-0.05, 0) is 83.1 Å². The number of piperazine rings is 1. The summed E-state index contributed by atoms with van der Waals surface area (Å²) < 4.78 is 17.6. The van der Waals surface area contributed by atoms with Crippen molar-refractivity contribution in [2.24, 2.45) is 0 Å². The van der Waals surface area contributed by atoms with Crippen LogP contribution < -0.4 is 14.2 Å². The van der Waals surface area contributed by atoms with Crippen molar-refractivity contribution < 1.29 is 23.9 Å². The Morgan fingerprint density at radius 3 is 2.27 bits per heavy atom. The molecule has 10 nitrogen and oxygen atoms in total. The van der Waals surface area contributed by atoms with Crippen LogP contribution in [0.15, 0.2) is 109 Å². The number of nitrogens with zero attached hydrogens (tertiary/aromatic N) is 4. The molecule has 5 aromatic rings. The number of amides is 1. The van der Waals surface area contributed by atoms with Crippen LogP contribution in [0, 0.1) is 17.0 Å². The van der Waals surface area contributed by atoms with Crippen LogP contribution >= 0.6 is 24.0 Å². The lowest BCUT2D eigenvalue weighted by atomic mass is 10.0. The predicted molar refractivity (Wildman–Crippen MR) is 222 cm³/mol. The van der Waals surface area contributed by atoms with E-state index in [0.29, 0.717) is 53.6 Å². The number of aromatic nitrogens is 1. The van der Waals surface area contributed by atoms with Gasteiger partial charge in [0.15, 0.2) is 5.75 Å². The summed E-state index contributed by atoms with van der Waals surface area (Å²) in [4.78, 5) is 32.5. The summed E-state index contributed by atoms with van der Waals surface area (Å²) in [6, 6.07) is 30.5. The van der Waals surface area contributed by atoms with Crippen molar-refractivity contribution in [3.63, 3.8) is 0 Å². The number of hydrogen-bond acceptors (Lipinski definition) is 8. The van der Waals surface area contributed by atoms with Gasteiger partial charge in [-0.15, -0.1) is 12.4 Å². The third-order valence-electron chi connectivity index (χ3n) is 9.49. The highest BCUT2D eigenvalue weighted by atomic mass is 35.5. The Kier molecular flexibility index (Phi) is 14.9. The van der Waals surface area contributed by atoms with Gasteiger partial charge in [0, 0.05) is 57.4 Å². The second kappa shape index (κ2) is 20.0. The van der Waals surface area contributed by atoms with Gasteiger partial charge in [0.25, 0.3) is 5.69 Å². The van der Waals surface area contributed by atoms with E-state index in [1.54, 1.807) is 48.6 Å². The minimum absolute atomic E-state index is 0. The van der Waals surface area contributed by atoms with Crippen molar-refractivity contribution in [1.29, 1.82) is 0 Å². The topological polar surface area (TPSA) is 107 Å². The summed E-state index contributed by atoms with van der Waals surface area (Å²) in [5.41, 5.74) is 5.83. The quantitative estimate of drug-likeness (QED) is 0.0586. The average Bonchev–Trinajstić information content (AvgIpc) is 3.19. The Morgan fingerprint density at radius 2 is 1.61 bits per heavy atom. The molecule has 56 heavy (non-hydrogen) atoms. The maximum atomic E-state index is 13.1. The second-order valence-electron chi connectivity index (χ2n) is 13.8. The molecule has 1 aromatic heterocycles. The molecular weight excluding hydrogens is 751 g/mol. The van der Waals surface area contributed by atoms with Gasteiger partial charge >= 0.3 is 0 Å². The second-order valence-corrected chi connectivity index (χ2v) is 14.2. The fourth-order valence-electron chi connectivity index (χ4n) is 6.28. The van der Waals surface area contributed by atoms with E-state index in [4.69, 9.17) is 25.8 Å². The van der Waals surface area contributed by atoms with Crippen molar-refractivity contribution in [3.8, 4) is 23.1 Å². The first-order chi connectivity index (χ1) is 26.6. The van der Waals surface area contributed by atoms with Gasteiger partial charge in [0.2, 0.25) is 11.8 Å². The number of rotatable bonds is 15. The highest BCUT2D eigenvalue weighted by molar-refractivity contribution is 6.32. The molecule has 0 aliphatic carbocycles.